The Morgan fingerprint density at radius 1 is 0.778 bits per heavy atom. The quantitative estimate of drug-likeness (QED) is 0.774. The fourth-order valence-electron chi connectivity index (χ4n) is 1.55. The Bertz CT molecular complexity index is 549. The Hall–Kier alpha value is -2.04. The first-order chi connectivity index (χ1) is 8.48. The number of benzene rings is 2. The topological polar surface area (TPSA) is 12.0 Å². The molecule has 1 N–H and O–H groups in total. The van der Waals surface area contributed by atoms with Gasteiger partial charge in [-0.25, -0.2) is 4.39 Å². The summed E-state index contributed by atoms with van der Waals surface area (Å²) in [6.07, 6.45) is -4.48. The molecule has 0 heterocycles. The van der Waals surface area contributed by atoms with E-state index in [-0.39, 0.29) is 11.4 Å². The number of hydrogen-bond donors (Lipinski definition) is 1. The Morgan fingerprint density at radius 3 is 1.94 bits per heavy atom. The van der Waals surface area contributed by atoms with Crippen molar-refractivity contribution in [3.8, 4) is 0 Å². The van der Waals surface area contributed by atoms with Crippen LogP contribution in [-0.4, -0.2) is 0 Å². The molecule has 2 rings (SSSR count). The molecule has 0 bridgehead atoms. The highest BCUT2D eigenvalue weighted by molar-refractivity contribution is 5.64. The second-order valence-electron chi connectivity index (χ2n) is 3.65. The normalized spacial score (nSPS) is 11.3. The summed E-state index contributed by atoms with van der Waals surface area (Å²) in [4.78, 5) is 0. The molecule has 1 nitrogen and oxygen atoms in total. The number of halogens is 4. The van der Waals surface area contributed by atoms with E-state index in [0.717, 1.165) is 6.07 Å². The van der Waals surface area contributed by atoms with E-state index in [1.807, 2.05) is 0 Å². The van der Waals surface area contributed by atoms with E-state index in [9.17, 15) is 17.6 Å². The minimum atomic E-state index is -4.48. The molecular formula is C13H9F4N. The number of hydrogen-bond acceptors (Lipinski definition) is 1. The molecule has 0 aliphatic rings. The van der Waals surface area contributed by atoms with E-state index in [4.69, 9.17) is 0 Å². The monoisotopic (exact) mass is 255 g/mol. The fourth-order valence-corrected chi connectivity index (χ4v) is 1.55. The van der Waals surface area contributed by atoms with Gasteiger partial charge in [0.1, 0.15) is 5.82 Å². The third-order valence-corrected chi connectivity index (χ3v) is 2.38. The number of alkyl halides is 3. The molecule has 0 radical (unpaired) electrons. The first kappa shape index (κ1) is 12.4. The maximum atomic E-state index is 13.4. The summed E-state index contributed by atoms with van der Waals surface area (Å²) in [7, 11) is 0. The summed E-state index contributed by atoms with van der Waals surface area (Å²) >= 11 is 0. The first-order valence-corrected chi connectivity index (χ1v) is 5.16. The van der Waals surface area contributed by atoms with Crippen molar-refractivity contribution < 1.29 is 17.6 Å². The highest BCUT2D eigenvalue weighted by atomic mass is 19.4. The lowest BCUT2D eigenvalue weighted by atomic mass is 10.1. The van der Waals surface area contributed by atoms with Gasteiger partial charge in [0.25, 0.3) is 0 Å². The summed E-state index contributed by atoms with van der Waals surface area (Å²) in [5.74, 6) is -0.602. The Kier molecular flexibility index (Phi) is 3.23. The number of para-hydroxylation sites is 2. The number of nitrogens with one attached hydrogen (secondary N) is 1. The molecule has 0 amide bonds. The highest BCUT2D eigenvalue weighted by Gasteiger charge is 2.33. The Balaban J connectivity index is 2.39. The number of anilines is 2. The average molecular weight is 255 g/mol. The van der Waals surface area contributed by atoms with Crippen LogP contribution < -0.4 is 5.32 Å². The van der Waals surface area contributed by atoms with Crippen LogP contribution in [0.2, 0.25) is 0 Å². The van der Waals surface area contributed by atoms with Crippen molar-refractivity contribution in [1.82, 2.24) is 0 Å². The van der Waals surface area contributed by atoms with Gasteiger partial charge in [-0.1, -0.05) is 24.3 Å². The summed E-state index contributed by atoms with van der Waals surface area (Å²) in [5.41, 5.74) is -0.988. The molecule has 5 heteroatoms. The van der Waals surface area contributed by atoms with Gasteiger partial charge in [-0.05, 0) is 24.3 Å². The maximum absolute atomic E-state index is 13.4. The molecule has 2 aromatic carbocycles. The predicted octanol–water partition coefficient (Wildman–Crippen LogP) is 4.59. The minimum Gasteiger partial charge on any atom is -0.353 e. The zero-order valence-corrected chi connectivity index (χ0v) is 9.13. The van der Waals surface area contributed by atoms with Crippen molar-refractivity contribution in [1.29, 1.82) is 0 Å². The van der Waals surface area contributed by atoms with E-state index >= 15 is 0 Å². The van der Waals surface area contributed by atoms with Crippen LogP contribution in [0.25, 0.3) is 0 Å². The molecule has 94 valence electrons. The van der Waals surface area contributed by atoms with Crippen LogP contribution in [0.4, 0.5) is 28.9 Å². The molecule has 0 saturated heterocycles. The zero-order chi connectivity index (χ0) is 13.2. The van der Waals surface area contributed by atoms with Gasteiger partial charge >= 0.3 is 6.18 Å². The largest absolute Gasteiger partial charge is 0.418 e. The summed E-state index contributed by atoms with van der Waals surface area (Å²) in [6.45, 7) is 0. The molecule has 0 atom stereocenters. The molecule has 2 aromatic rings. The Morgan fingerprint density at radius 2 is 1.33 bits per heavy atom. The van der Waals surface area contributed by atoms with Crippen LogP contribution in [-0.2, 0) is 6.18 Å². The van der Waals surface area contributed by atoms with Crippen molar-refractivity contribution in [3.05, 3.63) is 59.9 Å². The second kappa shape index (κ2) is 4.68. The first-order valence-electron chi connectivity index (χ1n) is 5.16. The van der Waals surface area contributed by atoms with Crippen LogP contribution in [0.5, 0.6) is 0 Å². The van der Waals surface area contributed by atoms with Crippen molar-refractivity contribution in [2.24, 2.45) is 0 Å². The molecule has 18 heavy (non-hydrogen) atoms. The molecular weight excluding hydrogens is 246 g/mol. The van der Waals surface area contributed by atoms with Gasteiger partial charge in [-0.15, -0.1) is 0 Å². The molecule has 0 saturated carbocycles. The maximum Gasteiger partial charge on any atom is 0.418 e. The van der Waals surface area contributed by atoms with Gasteiger partial charge < -0.3 is 5.32 Å². The third-order valence-electron chi connectivity index (χ3n) is 2.38. The lowest BCUT2D eigenvalue weighted by molar-refractivity contribution is -0.136. The molecule has 0 unspecified atom stereocenters. The van der Waals surface area contributed by atoms with Crippen molar-refractivity contribution >= 4 is 11.4 Å². The van der Waals surface area contributed by atoms with Crippen LogP contribution in [0.3, 0.4) is 0 Å². The van der Waals surface area contributed by atoms with E-state index < -0.39 is 17.6 Å². The summed E-state index contributed by atoms with van der Waals surface area (Å²) in [5, 5.41) is 2.45. The van der Waals surface area contributed by atoms with Gasteiger partial charge in [0.05, 0.1) is 16.9 Å². The van der Waals surface area contributed by atoms with E-state index in [2.05, 4.69) is 5.32 Å². The van der Waals surface area contributed by atoms with Gasteiger partial charge in [-0.3, -0.25) is 0 Å². The molecule has 0 aliphatic carbocycles. The minimum absolute atomic E-state index is 0.00852. The lowest BCUT2D eigenvalue weighted by Gasteiger charge is -2.14. The predicted molar refractivity (Wildman–Crippen MR) is 61.1 cm³/mol. The van der Waals surface area contributed by atoms with Gasteiger partial charge in [0, 0.05) is 0 Å². The highest BCUT2D eigenvalue weighted by Crippen LogP contribution is 2.36. The average Bonchev–Trinajstić information content (AvgIpc) is 2.31. The van der Waals surface area contributed by atoms with Crippen LogP contribution >= 0.6 is 0 Å². The molecule has 0 spiro atoms. The fraction of sp³-hybridized carbons (Fsp3) is 0.0769. The van der Waals surface area contributed by atoms with Crippen LogP contribution in [0, 0.1) is 5.82 Å². The van der Waals surface area contributed by atoms with Crippen molar-refractivity contribution in [2.45, 2.75) is 6.18 Å². The molecule has 0 fully saturated rings. The van der Waals surface area contributed by atoms with Gasteiger partial charge in [-0.2, -0.15) is 13.2 Å². The van der Waals surface area contributed by atoms with Gasteiger partial charge in [0.15, 0.2) is 0 Å². The second-order valence-corrected chi connectivity index (χ2v) is 3.65. The van der Waals surface area contributed by atoms with Crippen molar-refractivity contribution in [2.75, 3.05) is 5.32 Å². The van der Waals surface area contributed by atoms with E-state index in [1.165, 1.54) is 36.4 Å². The zero-order valence-electron chi connectivity index (χ0n) is 9.13. The standard InChI is InChI=1S/C13H9F4N/c14-10-6-2-4-8-12(10)18-11-7-3-1-5-9(11)13(15,16)17/h1-8,18H. The number of rotatable bonds is 2. The third kappa shape index (κ3) is 2.61. The van der Waals surface area contributed by atoms with Crippen LogP contribution in [0.15, 0.2) is 48.5 Å². The molecule has 0 aliphatic heterocycles. The lowest BCUT2D eigenvalue weighted by Crippen LogP contribution is -2.08. The van der Waals surface area contributed by atoms with Crippen molar-refractivity contribution in [3.63, 3.8) is 0 Å². The van der Waals surface area contributed by atoms with E-state index in [1.54, 1.807) is 6.07 Å². The Labute approximate surface area is 101 Å². The smallest absolute Gasteiger partial charge is 0.353 e. The summed E-state index contributed by atoms with van der Waals surface area (Å²) < 4.78 is 51.5. The summed E-state index contributed by atoms with van der Waals surface area (Å²) in [6, 6.07) is 10.5. The van der Waals surface area contributed by atoms with Gasteiger partial charge in [0.2, 0.25) is 0 Å². The van der Waals surface area contributed by atoms with Crippen LogP contribution in [0.1, 0.15) is 5.56 Å². The molecule has 0 aromatic heterocycles. The van der Waals surface area contributed by atoms with E-state index in [0.29, 0.717) is 0 Å². The SMILES string of the molecule is Fc1ccccc1Nc1ccccc1C(F)(F)F.